The van der Waals surface area contributed by atoms with Crippen LogP contribution in [0.2, 0.25) is 0 Å². The molecule has 0 aliphatic carbocycles. The van der Waals surface area contributed by atoms with Crippen molar-refractivity contribution in [1.29, 1.82) is 0 Å². The summed E-state index contributed by atoms with van der Waals surface area (Å²) < 4.78 is 0.776. The van der Waals surface area contributed by atoms with Gasteiger partial charge in [-0.1, -0.05) is 15.9 Å². The van der Waals surface area contributed by atoms with Gasteiger partial charge in [-0.25, -0.2) is 0 Å². The van der Waals surface area contributed by atoms with Crippen LogP contribution in [-0.4, -0.2) is 34.4 Å². The Morgan fingerprint density at radius 1 is 1.53 bits per heavy atom. The predicted octanol–water partition coefficient (Wildman–Crippen LogP) is 3.00. The van der Waals surface area contributed by atoms with Gasteiger partial charge in [-0.3, -0.25) is 4.79 Å². The molecule has 17 heavy (non-hydrogen) atoms. The predicted molar refractivity (Wildman–Crippen MR) is 70.6 cm³/mol. The summed E-state index contributed by atoms with van der Waals surface area (Å²) in [5, 5.41) is 9.72. The van der Waals surface area contributed by atoms with Gasteiger partial charge in [0, 0.05) is 17.6 Å². The number of hydrogen-bond donors (Lipinski definition) is 1. The van der Waals surface area contributed by atoms with E-state index in [1.54, 1.807) is 17.0 Å². The Kier molecular flexibility index (Phi) is 3.94. The van der Waals surface area contributed by atoms with Crippen molar-refractivity contribution < 1.29 is 9.90 Å². The Bertz CT molecular complexity index is 439. The zero-order valence-corrected chi connectivity index (χ0v) is 11.5. The molecular formula is C12H13BrClNO2. The molecule has 1 saturated heterocycles. The van der Waals surface area contributed by atoms with Crippen molar-refractivity contribution in [3.8, 4) is 5.75 Å². The van der Waals surface area contributed by atoms with E-state index in [1.165, 1.54) is 6.07 Å². The second-order valence-corrected chi connectivity index (χ2v) is 5.69. The van der Waals surface area contributed by atoms with E-state index >= 15 is 0 Å². The molecule has 0 bridgehead atoms. The number of halogens is 2. The first-order valence-corrected chi connectivity index (χ1v) is 6.72. The summed E-state index contributed by atoms with van der Waals surface area (Å²) in [6, 6.07) is 4.85. The van der Waals surface area contributed by atoms with E-state index in [4.69, 9.17) is 11.6 Å². The average Bonchev–Trinajstić information content (AvgIpc) is 2.31. The number of rotatable bonds is 1. The monoisotopic (exact) mass is 317 g/mol. The molecule has 1 aromatic rings. The topological polar surface area (TPSA) is 40.5 Å². The Balaban J connectivity index is 2.21. The number of benzene rings is 1. The molecule has 3 nitrogen and oxygen atoms in total. The van der Waals surface area contributed by atoms with E-state index < -0.39 is 0 Å². The maximum atomic E-state index is 12.2. The lowest BCUT2D eigenvalue weighted by Gasteiger charge is -2.30. The van der Waals surface area contributed by atoms with Gasteiger partial charge in [-0.15, -0.1) is 11.6 Å². The van der Waals surface area contributed by atoms with Crippen molar-refractivity contribution in [1.82, 2.24) is 4.90 Å². The number of hydrogen-bond acceptors (Lipinski definition) is 2. The van der Waals surface area contributed by atoms with Crippen LogP contribution in [0.3, 0.4) is 0 Å². The smallest absolute Gasteiger partial charge is 0.257 e. The number of phenolic OH excluding ortho intramolecular Hbond substituents is 1. The number of piperidine rings is 1. The Labute approximate surface area is 114 Å². The maximum absolute atomic E-state index is 12.2. The molecule has 1 atom stereocenters. The fourth-order valence-corrected chi connectivity index (χ4v) is 2.64. The van der Waals surface area contributed by atoms with E-state index in [0.29, 0.717) is 18.7 Å². The minimum Gasteiger partial charge on any atom is -0.507 e. The molecule has 1 aliphatic rings. The van der Waals surface area contributed by atoms with Gasteiger partial charge in [0.1, 0.15) is 5.75 Å². The first kappa shape index (κ1) is 12.7. The molecule has 1 N–H and O–H groups in total. The van der Waals surface area contributed by atoms with Gasteiger partial charge in [0.15, 0.2) is 0 Å². The lowest BCUT2D eigenvalue weighted by atomic mass is 10.1. The summed E-state index contributed by atoms with van der Waals surface area (Å²) in [5.41, 5.74) is 0.324. The maximum Gasteiger partial charge on any atom is 0.257 e. The molecule has 2 rings (SSSR count). The molecule has 92 valence electrons. The van der Waals surface area contributed by atoms with E-state index in [0.717, 1.165) is 17.3 Å². The Morgan fingerprint density at radius 2 is 2.29 bits per heavy atom. The van der Waals surface area contributed by atoms with Crippen LogP contribution in [0.5, 0.6) is 5.75 Å². The van der Waals surface area contributed by atoms with Crippen LogP contribution in [0.1, 0.15) is 23.2 Å². The molecule has 1 fully saturated rings. The molecule has 1 aliphatic heterocycles. The Hall–Kier alpha value is -0.740. The number of nitrogens with zero attached hydrogens (tertiary/aromatic N) is 1. The molecule has 1 unspecified atom stereocenters. The minimum atomic E-state index is -0.158. The lowest BCUT2D eigenvalue weighted by Crippen LogP contribution is -2.40. The molecular weight excluding hydrogens is 305 g/mol. The highest BCUT2D eigenvalue weighted by Crippen LogP contribution is 2.25. The quantitative estimate of drug-likeness (QED) is 0.809. The second kappa shape index (κ2) is 5.27. The van der Waals surface area contributed by atoms with Gasteiger partial charge >= 0.3 is 0 Å². The summed E-state index contributed by atoms with van der Waals surface area (Å²) in [7, 11) is 0. The third kappa shape index (κ3) is 2.93. The normalized spacial score (nSPS) is 20.4. The SMILES string of the molecule is O=C(c1cc(Br)ccc1O)N1CCCC(Cl)C1. The minimum absolute atomic E-state index is 0.00916. The molecule has 1 amide bonds. The van der Waals surface area contributed by atoms with Crippen molar-refractivity contribution in [2.45, 2.75) is 18.2 Å². The summed E-state index contributed by atoms with van der Waals surface area (Å²) in [6.07, 6.45) is 1.85. The van der Waals surface area contributed by atoms with Crippen LogP contribution >= 0.6 is 27.5 Å². The molecule has 5 heteroatoms. The van der Waals surface area contributed by atoms with Crippen molar-refractivity contribution in [2.75, 3.05) is 13.1 Å². The van der Waals surface area contributed by atoms with Crippen LogP contribution in [0.15, 0.2) is 22.7 Å². The lowest BCUT2D eigenvalue weighted by molar-refractivity contribution is 0.0724. The highest BCUT2D eigenvalue weighted by molar-refractivity contribution is 9.10. The average molecular weight is 319 g/mol. The number of alkyl halides is 1. The van der Waals surface area contributed by atoms with Crippen molar-refractivity contribution in [2.24, 2.45) is 0 Å². The molecule has 0 saturated carbocycles. The number of amides is 1. The molecule has 0 spiro atoms. The van der Waals surface area contributed by atoms with E-state index in [1.807, 2.05) is 0 Å². The molecule has 0 aromatic heterocycles. The van der Waals surface area contributed by atoms with Gasteiger partial charge in [-0.2, -0.15) is 0 Å². The molecule has 0 radical (unpaired) electrons. The van der Waals surface area contributed by atoms with Crippen LogP contribution in [0.25, 0.3) is 0 Å². The zero-order chi connectivity index (χ0) is 12.4. The molecule has 1 aromatic carbocycles. The van der Waals surface area contributed by atoms with Gasteiger partial charge < -0.3 is 10.0 Å². The van der Waals surface area contributed by atoms with Crippen molar-refractivity contribution >= 4 is 33.4 Å². The third-order valence-corrected chi connectivity index (χ3v) is 3.69. The number of phenols is 1. The fraction of sp³-hybridized carbons (Fsp3) is 0.417. The standard InChI is InChI=1S/C12H13BrClNO2/c13-8-3-4-11(16)10(6-8)12(17)15-5-1-2-9(14)7-15/h3-4,6,9,16H,1-2,5,7H2. The number of aromatic hydroxyl groups is 1. The summed E-state index contributed by atoms with van der Waals surface area (Å²) >= 11 is 9.34. The first-order chi connectivity index (χ1) is 8.08. The number of carbonyl (C=O) groups excluding carboxylic acids is 1. The first-order valence-electron chi connectivity index (χ1n) is 5.50. The van der Waals surface area contributed by atoms with Gasteiger partial charge in [0.05, 0.1) is 10.9 Å². The van der Waals surface area contributed by atoms with Crippen molar-refractivity contribution in [3.05, 3.63) is 28.2 Å². The molecule has 1 heterocycles. The largest absolute Gasteiger partial charge is 0.507 e. The third-order valence-electron chi connectivity index (χ3n) is 2.84. The fourth-order valence-electron chi connectivity index (χ4n) is 1.96. The van der Waals surface area contributed by atoms with Crippen LogP contribution in [0, 0.1) is 0 Å². The number of likely N-dealkylation sites (tertiary alicyclic amines) is 1. The van der Waals surface area contributed by atoms with Gasteiger partial charge in [0.25, 0.3) is 5.91 Å². The number of carbonyl (C=O) groups is 1. The van der Waals surface area contributed by atoms with E-state index in [2.05, 4.69) is 15.9 Å². The van der Waals surface area contributed by atoms with E-state index in [-0.39, 0.29) is 17.0 Å². The summed E-state index contributed by atoms with van der Waals surface area (Å²) in [6.45, 7) is 1.25. The van der Waals surface area contributed by atoms with Crippen LogP contribution < -0.4 is 0 Å². The van der Waals surface area contributed by atoms with Crippen molar-refractivity contribution in [3.63, 3.8) is 0 Å². The summed E-state index contributed by atoms with van der Waals surface area (Å²) in [5.74, 6) is -0.149. The highest BCUT2D eigenvalue weighted by Gasteiger charge is 2.24. The summed E-state index contributed by atoms with van der Waals surface area (Å²) in [4.78, 5) is 13.9. The second-order valence-electron chi connectivity index (χ2n) is 4.15. The highest BCUT2D eigenvalue weighted by atomic mass is 79.9. The van der Waals surface area contributed by atoms with Gasteiger partial charge in [-0.05, 0) is 31.0 Å². The van der Waals surface area contributed by atoms with Gasteiger partial charge in [0.2, 0.25) is 0 Å². The van der Waals surface area contributed by atoms with E-state index in [9.17, 15) is 9.90 Å². The van der Waals surface area contributed by atoms with Crippen LogP contribution in [0.4, 0.5) is 0 Å². The zero-order valence-electron chi connectivity index (χ0n) is 9.20. The van der Waals surface area contributed by atoms with Crippen LogP contribution in [-0.2, 0) is 0 Å². The Morgan fingerprint density at radius 3 is 3.00 bits per heavy atom.